The van der Waals surface area contributed by atoms with Crippen LogP contribution in [0.5, 0.6) is 0 Å². The molecule has 0 heterocycles. The van der Waals surface area contributed by atoms with E-state index in [1.807, 2.05) is 6.92 Å². The van der Waals surface area contributed by atoms with Gasteiger partial charge in [-0.15, -0.1) is 0 Å². The van der Waals surface area contributed by atoms with Crippen LogP contribution >= 0.6 is 15.9 Å². The monoisotopic (exact) mass is 372 g/mol. The maximum Gasteiger partial charge on any atom is 0.261 e. The van der Waals surface area contributed by atoms with Crippen LogP contribution in [0.3, 0.4) is 0 Å². The van der Waals surface area contributed by atoms with Gasteiger partial charge in [0, 0.05) is 10.5 Å². The van der Waals surface area contributed by atoms with E-state index in [1.165, 1.54) is 30.3 Å². The molecule has 0 bridgehead atoms. The van der Waals surface area contributed by atoms with Gasteiger partial charge in [-0.2, -0.15) is 0 Å². The molecule has 0 saturated carbocycles. The van der Waals surface area contributed by atoms with Crippen LogP contribution in [-0.4, -0.2) is 8.42 Å². The predicted molar refractivity (Wildman–Crippen MR) is 84.0 cm³/mol. The molecule has 2 aromatic carbocycles. The van der Waals surface area contributed by atoms with E-state index >= 15 is 0 Å². The van der Waals surface area contributed by atoms with Gasteiger partial charge < -0.3 is 5.73 Å². The Labute approximate surface area is 131 Å². The van der Waals surface area contributed by atoms with E-state index in [-0.39, 0.29) is 16.6 Å². The normalized spacial score (nSPS) is 13.0. The summed E-state index contributed by atoms with van der Waals surface area (Å²) in [6.07, 6.45) is 0. The van der Waals surface area contributed by atoms with E-state index in [2.05, 4.69) is 20.7 Å². The molecule has 2 aromatic rings. The fourth-order valence-electron chi connectivity index (χ4n) is 1.73. The highest BCUT2D eigenvalue weighted by Crippen LogP contribution is 2.26. The first kappa shape index (κ1) is 15.9. The summed E-state index contributed by atoms with van der Waals surface area (Å²) in [5, 5.41) is 0. The van der Waals surface area contributed by atoms with Crippen LogP contribution in [0.4, 0.5) is 10.1 Å². The van der Waals surface area contributed by atoms with Gasteiger partial charge in [0.25, 0.3) is 10.0 Å². The molecule has 1 unspecified atom stereocenters. The third-order valence-electron chi connectivity index (χ3n) is 2.89. The third kappa shape index (κ3) is 3.81. The van der Waals surface area contributed by atoms with E-state index < -0.39 is 15.8 Å². The van der Waals surface area contributed by atoms with Crippen molar-refractivity contribution < 1.29 is 12.8 Å². The number of hydrogen-bond donors (Lipinski definition) is 2. The van der Waals surface area contributed by atoms with Gasteiger partial charge in [-0.25, -0.2) is 12.8 Å². The second kappa shape index (κ2) is 6.13. The minimum absolute atomic E-state index is 0.114. The Morgan fingerprint density at radius 1 is 1.19 bits per heavy atom. The van der Waals surface area contributed by atoms with Crippen molar-refractivity contribution in [3.05, 3.63) is 58.3 Å². The van der Waals surface area contributed by atoms with Crippen molar-refractivity contribution in [2.75, 3.05) is 4.72 Å². The van der Waals surface area contributed by atoms with Crippen LogP contribution in [0.2, 0.25) is 0 Å². The molecule has 0 aliphatic heterocycles. The van der Waals surface area contributed by atoms with Crippen molar-refractivity contribution in [3.8, 4) is 0 Å². The Bertz CT molecular complexity index is 746. The number of nitrogens with one attached hydrogen (secondary N) is 1. The average molecular weight is 373 g/mol. The topological polar surface area (TPSA) is 72.2 Å². The Morgan fingerprint density at radius 2 is 1.81 bits per heavy atom. The van der Waals surface area contributed by atoms with E-state index in [0.29, 0.717) is 4.47 Å². The lowest BCUT2D eigenvalue weighted by molar-refractivity contribution is 0.601. The zero-order valence-corrected chi connectivity index (χ0v) is 13.6. The molecule has 0 spiro atoms. The first-order chi connectivity index (χ1) is 9.79. The lowest BCUT2D eigenvalue weighted by Gasteiger charge is -2.11. The summed E-state index contributed by atoms with van der Waals surface area (Å²) in [4.78, 5) is 0.114. The molecule has 3 N–H and O–H groups in total. The van der Waals surface area contributed by atoms with Gasteiger partial charge >= 0.3 is 0 Å². The molecule has 112 valence electrons. The fraction of sp³-hybridized carbons (Fsp3) is 0.143. The summed E-state index contributed by atoms with van der Waals surface area (Å²) in [5.74, 6) is -0.453. The van der Waals surface area contributed by atoms with Crippen LogP contribution in [0.25, 0.3) is 0 Å². The molecule has 0 aromatic heterocycles. The number of sulfonamides is 1. The molecule has 0 aliphatic carbocycles. The second-order valence-electron chi connectivity index (χ2n) is 4.59. The number of rotatable bonds is 4. The highest BCUT2D eigenvalue weighted by molar-refractivity contribution is 9.10. The molecule has 0 saturated heterocycles. The lowest BCUT2D eigenvalue weighted by atomic mass is 10.1. The lowest BCUT2D eigenvalue weighted by Crippen LogP contribution is -2.14. The van der Waals surface area contributed by atoms with Crippen molar-refractivity contribution in [1.29, 1.82) is 0 Å². The zero-order chi connectivity index (χ0) is 15.6. The number of hydrogen-bond acceptors (Lipinski definition) is 3. The Balaban J connectivity index is 2.29. The quantitative estimate of drug-likeness (QED) is 0.863. The molecule has 0 aliphatic rings. The van der Waals surface area contributed by atoms with Crippen LogP contribution in [0.1, 0.15) is 18.5 Å². The Hall–Kier alpha value is -1.44. The van der Waals surface area contributed by atoms with E-state index in [1.54, 1.807) is 12.1 Å². The highest BCUT2D eigenvalue weighted by atomic mass is 79.9. The number of halogens is 2. The van der Waals surface area contributed by atoms with Gasteiger partial charge in [-0.3, -0.25) is 4.72 Å². The van der Waals surface area contributed by atoms with E-state index in [4.69, 9.17) is 5.73 Å². The van der Waals surface area contributed by atoms with Gasteiger partial charge in [0.15, 0.2) is 0 Å². The van der Waals surface area contributed by atoms with Gasteiger partial charge in [0.05, 0.1) is 10.6 Å². The molecular weight excluding hydrogens is 359 g/mol. The SMILES string of the molecule is CC(N)c1ccc(S(=O)(=O)Nc2ccc(F)cc2Br)cc1. The summed E-state index contributed by atoms with van der Waals surface area (Å²) in [5.41, 5.74) is 6.84. The van der Waals surface area contributed by atoms with Crippen LogP contribution in [0, 0.1) is 5.82 Å². The summed E-state index contributed by atoms with van der Waals surface area (Å²) < 4.78 is 40.3. The molecular formula is C14H14BrFN2O2S. The molecule has 0 amide bonds. The summed E-state index contributed by atoms with van der Waals surface area (Å²) in [7, 11) is -3.73. The third-order valence-corrected chi connectivity index (χ3v) is 4.93. The molecule has 2 rings (SSSR count). The van der Waals surface area contributed by atoms with Crippen molar-refractivity contribution in [1.82, 2.24) is 0 Å². The fourth-order valence-corrected chi connectivity index (χ4v) is 3.39. The standard InChI is InChI=1S/C14H14BrFN2O2S/c1-9(17)10-2-5-12(6-3-10)21(19,20)18-14-7-4-11(16)8-13(14)15/h2-9,18H,17H2,1H3. The van der Waals surface area contributed by atoms with Crippen molar-refractivity contribution in [2.45, 2.75) is 17.9 Å². The molecule has 0 fully saturated rings. The largest absolute Gasteiger partial charge is 0.324 e. The van der Waals surface area contributed by atoms with Gasteiger partial charge in [0.1, 0.15) is 5.82 Å². The average Bonchev–Trinajstić information content (AvgIpc) is 2.42. The zero-order valence-electron chi connectivity index (χ0n) is 11.2. The first-order valence-electron chi connectivity index (χ1n) is 6.13. The van der Waals surface area contributed by atoms with Gasteiger partial charge in [0.2, 0.25) is 0 Å². The Kier molecular flexibility index (Phi) is 4.65. The number of nitrogens with two attached hydrogens (primary N) is 1. The molecule has 4 nitrogen and oxygen atoms in total. The van der Waals surface area contributed by atoms with Crippen LogP contribution in [-0.2, 0) is 10.0 Å². The maximum absolute atomic E-state index is 13.0. The van der Waals surface area contributed by atoms with Gasteiger partial charge in [-0.1, -0.05) is 12.1 Å². The van der Waals surface area contributed by atoms with E-state index in [9.17, 15) is 12.8 Å². The summed E-state index contributed by atoms with van der Waals surface area (Å²) in [6, 6.07) is 9.86. The van der Waals surface area contributed by atoms with Crippen LogP contribution < -0.4 is 10.5 Å². The van der Waals surface area contributed by atoms with Crippen molar-refractivity contribution in [2.24, 2.45) is 5.73 Å². The van der Waals surface area contributed by atoms with Crippen LogP contribution in [0.15, 0.2) is 51.8 Å². The predicted octanol–water partition coefficient (Wildman–Crippen LogP) is 3.41. The minimum atomic E-state index is -3.73. The van der Waals surface area contributed by atoms with Gasteiger partial charge in [-0.05, 0) is 58.7 Å². The number of benzene rings is 2. The van der Waals surface area contributed by atoms with E-state index in [0.717, 1.165) is 5.56 Å². The maximum atomic E-state index is 13.0. The molecule has 1 atom stereocenters. The first-order valence-corrected chi connectivity index (χ1v) is 8.40. The molecule has 0 radical (unpaired) electrons. The van der Waals surface area contributed by atoms with Crippen molar-refractivity contribution in [3.63, 3.8) is 0 Å². The second-order valence-corrected chi connectivity index (χ2v) is 7.12. The Morgan fingerprint density at radius 3 is 2.33 bits per heavy atom. The minimum Gasteiger partial charge on any atom is -0.324 e. The smallest absolute Gasteiger partial charge is 0.261 e. The molecule has 7 heteroatoms. The summed E-state index contributed by atoms with van der Waals surface area (Å²) in [6.45, 7) is 1.82. The summed E-state index contributed by atoms with van der Waals surface area (Å²) >= 11 is 3.12. The number of anilines is 1. The van der Waals surface area contributed by atoms with Crippen molar-refractivity contribution >= 4 is 31.6 Å². The highest BCUT2D eigenvalue weighted by Gasteiger charge is 2.16. The molecule has 21 heavy (non-hydrogen) atoms.